The Kier molecular flexibility index (Phi) is 7.03. The van der Waals surface area contributed by atoms with Crippen molar-refractivity contribution in [3.05, 3.63) is 34.9 Å². The zero-order valence-corrected chi connectivity index (χ0v) is 17.9. The van der Waals surface area contributed by atoms with Crippen molar-refractivity contribution in [1.29, 1.82) is 0 Å². The van der Waals surface area contributed by atoms with Crippen LogP contribution >= 0.6 is 0 Å². The minimum Gasteiger partial charge on any atom is -0.461 e. The Hall–Kier alpha value is -3.04. The summed E-state index contributed by atoms with van der Waals surface area (Å²) in [6.07, 6.45) is -0.229. The molecule has 2 N–H and O–H groups in total. The van der Waals surface area contributed by atoms with Crippen molar-refractivity contribution in [1.82, 2.24) is 4.90 Å². The summed E-state index contributed by atoms with van der Waals surface area (Å²) in [5.41, 5.74) is 4.37. The number of esters is 2. The highest BCUT2D eigenvalue weighted by Gasteiger charge is 2.44. The highest BCUT2D eigenvalue weighted by Crippen LogP contribution is 2.34. The van der Waals surface area contributed by atoms with Crippen LogP contribution in [-0.2, 0) is 36.3 Å². The van der Waals surface area contributed by atoms with E-state index in [1.165, 1.54) is 13.0 Å². The Bertz CT molecular complexity index is 894. The fraction of sp³-hybridized carbons (Fsp3) is 0.524. The molecule has 1 aromatic rings. The van der Waals surface area contributed by atoms with Gasteiger partial charge < -0.3 is 20.1 Å². The third-order valence-electron chi connectivity index (χ3n) is 4.58. The number of fused-ring (bicyclic) bond motifs is 1. The minimum atomic E-state index is -3.93. The lowest BCUT2D eigenvalue weighted by atomic mass is 10.0. The van der Waals surface area contributed by atoms with Crippen LogP contribution in [0.25, 0.3) is 0 Å². The third kappa shape index (κ3) is 5.56. The van der Waals surface area contributed by atoms with Gasteiger partial charge in [-0.3, -0.25) is 14.4 Å². The largest absolute Gasteiger partial charge is 0.461 e. The van der Waals surface area contributed by atoms with Crippen molar-refractivity contribution in [3.8, 4) is 0 Å². The summed E-state index contributed by atoms with van der Waals surface area (Å²) in [6.45, 7) is 6.23. The third-order valence-corrected chi connectivity index (χ3v) is 4.58. The van der Waals surface area contributed by atoms with Gasteiger partial charge in [0.1, 0.15) is 11.6 Å². The molecule has 10 heteroatoms. The first-order chi connectivity index (χ1) is 14.3. The Balaban J connectivity index is 2.21. The number of benzene rings is 1. The monoisotopic (exact) mass is 440 g/mol. The molecule has 8 nitrogen and oxygen atoms in total. The first-order valence-corrected chi connectivity index (χ1v) is 9.78. The van der Waals surface area contributed by atoms with Crippen LogP contribution in [0.15, 0.2) is 18.2 Å². The normalized spacial score (nSPS) is 14.8. The summed E-state index contributed by atoms with van der Waals surface area (Å²) in [6, 6.07) is 2.12. The number of alkyl halides is 2. The summed E-state index contributed by atoms with van der Waals surface area (Å²) in [5, 5.41) is 0. The number of halogens is 2. The molecule has 2 amide bonds. The van der Waals surface area contributed by atoms with E-state index in [9.17, 15) is 28.0 Å². The van der Waals surface area contributed by atoms with Crippen molar-refractivity contribution in [2.75, 3.05) is 6.61 Å². The molecular formula is C21H26F2N2O6. The molecule has 0 aliphatic carbocycles. The quantitative estimate of drug-likeness (QED) is 0.620. The molecule has 0 saturated carbocycles. The van der Waals surface area contributed by atoms with Gasteiger partial charge in [-0.25, -0.2) is 4.79 Å². The molecule has 0 radical (unpaired) electrons. The number of nitrogens with two attached hydrogens (primary N) is 1. The minimum absolute atomic E-state index is 0.0403. The molecule has 1 atom stereocenters. The lowest BCUT2D eigenvalue weighted by Crippen LogP contribution is -2.45. The van der Waals surface area contributed by atoms with E-state index >= 15 is 0 Å². The summed E-state index contributed by atoms with van der Waals surface area (Å²) in [5.74, 6) is -7.73. The smallest absolute Gasteiger partial charge is 0.381 e. The molecule has 1 aliphatic heterocycles. The summed E-state index contributed by atoms with van der Waals surface area (Å²) < 4.78 is 38.3. The number of carbonyl (C=O) groups is 4. The second kappa shape index (κ2) is 8.99. The topological polar surface area (TPSA) is 116 Å². The van der Waals surface area contributed by atoms with Gasteiger partial charge in [0, 0.05) is 24.1 Å². The highest BCUT2D eigenvalue weighted by molar-refractivity contribution is 6.01. The van der Waals surface area contributed by atoms with Gasteiger partial charge in [-0.2, -0.15) is 8.78 Å². The summed E-state index contributed by atoms with van der Waals surface area (Å²) >= 11 is 0. The molecule has 2 rings (SSSR count). The summed E-state index contributed by atoms with van der Waals surface area (Å²) in [7, 11) is 0. The van der Waals surface area contributed by atoms with Gasteiger partial charge in [0.2, 0.25) is 5.91 Å². The van der Waals surface area contributed by atoms with Crippen molar-refractivity contribution >= 4 is 23.8 Å². The molecule has 0 unspecified atom stereocenters. The predicted octanol–water partition coefficient (Wildman–Crippen LogP) is 2.27. The van der Waals surface area contributed by atoms with E-state index in [0.29, 0.717) is 5.56 Å². The highest BCUT2D eigenvalue weighted by atomic mass is 19.3. The average molecular weight is 440 g/mol. The van der Waals surface area contributed by atoms with Gasteiger partial charge in [0.25, 0.3) is 5.91 Å². The van der Waals surface area contributed by atoms with Gasteiger partial charge in [0.05, 0.1) is 6.61 Å². The average Bonchev–Trinajstić information content (AvgIpc) is 2.96. The van der Waals surface area contributed by atoms with Crippen LogP contribution in [0.1, 0.15) is 62.0 Å². The van der Waals surface area contributed by atoms with Crippen LogP contribution in [0, 0.1) is 0 Å². The van der Waals surface area contributed by atoms with E-state index in [1.807, 2.05) is 0 Å². The molecule has 1 aliphatic rings. The molecule has 31 heavy (non-hydrogen) atoms. The number of hydrogen-bond acceptors (Lipinski definition) is 6. The van der Waals surface area contributed by atoms with Gasteiger partial charge in [0.15, 0.2) is 0 Å². The first kappa shape index (κ1) is 24.2. The van der Waals surface area contributed by atoms with E-state index in [0.717, 1.165) is 17.0 Å². The number of nitrogens with zero attached hydrogens (tertiary/aromatic N) is 1. The molecule has 0 fully saturated rings. The number of amides is 2. The predicted molar refractivity (Wildman–Crippen MR) is 105 cm³/mol. The van der Waals surface area contributed by atoms with Gasteiger partial charge in [-0.15, -0.1) is 0 Å². The summed E-state index contributed by atoms with van der Waals surface area (Å²) in [4.78, 5) is 49.5. The van der Waals surface area contributed by atoms with Crippen molar-refractivity contribution in [2.45, 2.75) is 64.6 Å². The van der Waals surface area contributed by atoms with Crippen LogP contribution in [0.5, 0.6) is 0 Å². The Morgan fingerprint density at radius 2 is 1.87 bits per heavy atom. The van der Waals surface area contributed by atoms with Crippen LogP contribution in [-0.4, -0.2) is 46.9 Å². The molecule has 1 aromatic carbocycles. The number of carbonyl (C=O) groups excluding carboxylic acids is 4. The zero-order valence-electron chi connectivity index (χ0n) is 17.9. The first-order valence-electron chi connectivity index (χ1n) is 9.78. The van der Waals surface area contributed by atoms with Crippen LogP contribution < -0.4 is 5.73 Å². The second-order valence-electron chi connectivity index (χ2n) is 8.14. The number of hydrogen-bond donors (Lipinski definition) is 1. The molecular weight excluding hydrogens is 414 g/mol. The fourth-order valence-electron chi connectivity index (χ4n) is 3.21. The fourth-order valence-corrected chi connectivity index (χ4v) is 3.21. The van der Waals surface area contributed by atoms with Crippen LogP contribution in [0.3, 0.4) is 0 Å². The molecule has 0 bridgehead atoms. The number of rotatable bonds is 8. The maximum atomic E-state index is 14.3. The van der Waals surface area contributed by atoms with E-state index in [-0.39, 0.29) is 31.6 Å². The van der Waals surface area contributed by atoms with Gasteiger partial charge >= 0.3 is 17.9 Å². The SMILES string of the molecule is CCOC(=O)C(F)(F)c1ccc2c(c1)C(=O)N([C@@H](CCC(=O)OC(C)(C)C)C(N)=O)C2. The Morgan fingerprint density at radius 3 is 2.42 bits per heavy atom. The lowest BCUT2D eigenvalue weighted by Gasteiger charge is -2.25. The van der Waals surface area contributed by atoms with Gasteiger partial charge in [-0.05, 0) is 45.7 Å². The van der Waals surface area contributed by atoms with Crippen molar-refractivity contribution < 1.29 is 37.4 Å². The maximum Gasteiger partial charge on any atom is 0.381 e. The van der Waals surface area contributed by atoms with E-state index < -0.39 is 46.9 Å². The van der Waals surface area contributed by atoms with E-state index in [4.69, 9.17) is 10.5 Å². The van der Waals surface area contributed by atoms with E-state index in [2.05, 4.69) is 4.74 Å². The second-order valence-corrected chi connectivity index (χ2v) is 8.14. The molecule has 0 saturated heterocycles. The van der Waals surface area contributed by atoms with E-state index in [1.54, 1.807) is 20.8 Å². The molecule has 170 valence electrons. The number of primary amides is 1. The Labute approximate surface area is 178 Å². The molecule has 0 aromatic heterocycles. The standard InChI is InChI=1S/C21H26F2N2O6/c1-5-30-19(29)21(22,23)13-7-6-12-11-25(18(28)14(12)10-13)15(17(24)27)8-9-16(26)31-20(2,3)4/h6-7,10,15H,5,8-9,11H2,1-4H3,(H2,24,27)/t15-/m0/s1. The van der Waals surface area contributed by atoms with Gasteiger partial charge in [-0.1, -0.05) is 12.1 Å². The van der Waals surface area contributed by atoms with Crippen LogP contribution in [0.2, 0.25) is 0 Å². The van der Waals surface area contributed by atoms with Crippen molar-refractivity contribution in [2.24, 2.45) is 5.73 Å². The maximum absolute atomic E-state index is 14.3. The Morgan fingerprint density at radius 1 is 1.23 bits per heavy atom. The van der Waals surface area contributed by atoms with Crippen molar-refractivity contribution in [3.63, 3.8) is 0 Å². The molecule has 1 heterocycles. The van der Waals surface area contributed by atoms with Crippen LogP contribution in [0.4, 0.5) is 8.78 Å². The number of ether oxygens (including phenoxy) is 2. The lowest BCUT2D eigenvalue weighted by molar-refractivity contribution is -0.173. The molecule has 0 spiro atoms. The zero-order chi connectivity index (χ0) is 23.6.